The molecule has 0 saturated heterocycles. The minimum absolute atomic E-state index is 0.101. The van der Waals surface area contributed by atoms with E-state index in [0.29, 0.717) is 31.3 Å². The van der Waals surface area contributed by atoms with Crippen LogP contribution in [0.15, 0.2) is 36.4 Å². The Balaban J connectivity index is 1.74. The number of nitrogens with zero attached hydrogens (tertiary/aromatic N) is 1. The first kappa shape index (κ1) is 15.3. The lowest BCUT2D eigenvalue weighted by Gasteiger charge is -2.21. The van der Waals surface area contributed by atoms with Crippen molar-refractivity contribution in [2.45, 2.75) is 6.54 Å². The lowest BCUT2D eigenvalue weighted by Crippen LogP contribution is -2.26. The van der Waals surface area contributed by atoms with E-state index in [1.807, 2.05) is 12.1 Å². The van der Waals surface area contributed by atoms with Gasteiger partial charge in [0.2, 0.25) is 0 Å². The first-order valence-corrected chi connectivity index (χ1v) is 7.13. The Morgan fingerprint density at radius 2 is 1.78 bits per heavy atom. The molecule has 2 aromatic rings. The van der Waals surface area contributed by atoms with Crippen molar-refractivity contribution in [1.29, 1.82) is 0 Å². The highest BCUT2D eigenvalue weighted by molar-refractivity contribution is 5.94. The summed E-state index contributed by atoms with van der Waals surface area (Å²) in [5.74, 6) is -1.09. The van der Waals surface area contributed by atoms with Crippen molar-refractivity contribution in [1.82, 2.24) is 4.90 Å². The van der Waals surface area contributed by atoms with Gasteiger partial charge in [0.25, 0.3) is 5.91 Å². The number of halogens is 2. The van der Waals surface area contributed by atoms with Gasteiger partial charge in [0.05, 0.1) is 0 Å². The average molecular weight is 319 g/mol. The lowest BCUT2D eigenvalue weighted by atomic mass is 10.1. The molecule has 4 nitrogen and oxygen atoms in total. The first-order chi connectivity index (χ1) is 11.0. The average Bonchev–Trinajstić information content (AvgIpc) is 2.56. The Kier molecular flexibility index (Phi) is 4.14. The van der Waals surface area contributed by atoms with Crippen molar-refractivity contribution in [3.8, 4) is 11.5 Å². The fraction of sp³-hybridized carbons (Fsp3) is 0.235. The highest BCUT2D eigenvalue weighted by Gasteiger charge is 2.16. The summed E-state index contributed by atoms with van der Waals surface area (Å²) in [5, 5.41) is 0. The zero-order chi connectivity index (χ0) is 16.4. The molecule has 1 aliphatic rings. The Labute approximate surface area is 132 Å². The molecule has 0 unspecified atom stereocenters. The van der Waals surface area contributed by atoms with Crippen LogP contribution in [-0.2, 0) is 6.54 Å². The van der Waals surface area contributed by atoms with E-state index in [4.69, 9.17) is 9.47 Å². The zero-order valence-corrected chi connectivity index (χ0v) is 12.5. The van der Waals surface area contributed by atoms with Gasteiger partial charge in [0, 0.05) is 19.2 Å². The number of hydrogen-bond acceptors (Lipinski definition) is 3. The fourth-order valence-corrected chi connectivity index (χ4v) is 2.38. The maximum absolute atomic E-state index is 13.2. The topological polar surface area (TPSA) is 38.8 Å². The molecular formula is C17H15F2NO3. The number of benzene rings is 2. The summed E-state index contributed by atoms with van der Waals surface area (Å²) in [7, 11) is 1.60. The van der Waals surface area contributed by atoms with Gasteiger partial charge in [-0.1, -0.05) is 6.07 Å². The highest BCUT2D eigenvalue weighted by Crippen LogP contribution is 2.31. The van der Waals surface area contributed by atoms with Crippen molar-refractivity contribution in [2.75, 3.05) is 20.3 Å². The van der Waals surface area contributed by atoms with Crippen LogP contribution in [-0.4, -0.2) is 31.1 Å². The quantitative estimate of drug-likeness (QED) is 0.873. The molecule has 6 heteroatoms. The minimum atomic E-state index is -1.04. The molecule has 3 rings (SSSR count). The van der Waals surface area contributed by atoms with Gasteiger partial charge in [-0.25, -0.2) is 8.78 Å². The second-order valence-electron chi connectivity index (χ2n) is 5.27. The van der Waals surface area contributed by atoms with E-state index in [2.05, 4.69) is 0 Å². The van der Waals surface area contributed by atoms with Gasteiger partial charge in [0.15, 0.2) is 23.1 Å². The number of amides is 1. The van der Waals surface area contributed by atoms with E-state index in [-0.39, 0.29) is 5.56 Å². The molecule has 2 aromatic carbocycles. The van der Waals surface area contributed by atoms with E-state index < -0.39 is 17.5 Å². The first-order valence-electron chi connectivity index (χ1n) is 7.13. The van der Waals surface area contributed by atoms with Crippen LogP contribution in [0.5, 0.6) is 11.5 Å². The predicted octanol–water partition coefficient (Wildman–Crippen LogP) is 3.01. The molecule has 1 heterocycles. The third-order valence-corrected chi connectivity index (χ3v) is 3.54. The molecule has 0 fully saturated rings. The molecule has 1 amide bonds. The van der Waals surface area contributed by atoms with Gasteiger partial charge in [-0.15, -0.1) is 0 Å². The van der Waals surface area contributed by atoms with E-state index in [1.54, 1.807) is 13.1 Å². The lowest BCUT2D eigenvalue weighted by molar-refractivity contribution is 0.0784. The van der Waals surface area contributed by atoms with Crippen LogP contribution in [0.2, 0.25) is 0 Å². The van der Waals surface area contributed by atoms with Gasteiger partial charge in [-0.2, -0.15) is 0 Å². The third kappa shape index (κ3) is 3.26. The number of carbonyl (C=O) groups excluding carboxylic acids is 1. The molecule has 1 aliphatic heterocycles. The Bertz CT molecular complexity index is 749. The zero-order valence-electron chi connectivity index (χ0n) is 12.5. The Hall–Kier alpha value is -2.63. The molecule has 0 N–H and O–H groups in total. The normalized spacial score (nSPS) is 12.8. The third-order valence-electron chi connectivity index (χ3n) is 3.54. The summed E-state index contributed by atoms with van der Waals surface area (Å²) in [6, 6.07) is 8.55. The maximum atomic E-state index is 13.2. The molecule has 0 aliphatic carbocycles. The van der Waals surface area contributed by atoms with Crippen molar-refractivity contribution >= 4 is 5.91 Å². The van der Waals surface area contributed by atoms with Crippen LogP contribution in [0.1, 0.15) is 15.9 Å². The van der Waals surface area contributed by atoms with Crippen molar-refractivity contribution in [3.05, 3.63) is 59.2 Å². The van der Waals surface area contributed by atoms with Crippen LogP contribution in [0, 0.1) is 11.6 Å². The number of carbonyl (C=O) groups is 1. The van der Waals surface area contributed by atoms with Gasteiger partial charge < -0.3 is 14.4 Å². The molecule has 23 heavy (non-hydrogen) atoms. The Morgan fingerprint density at radius 3 is 2.52 bits per heavy atom. The SMILES string of the molecule is CN(Cc1ccc2c(c1)OCCO2)C(=O)c1ccc(F)c(F)c1. The standard InChI is InChI=1S/C17H15F2NO3/c1-20(17(21)12-3-4-13(18)14(19)9-12)10-11-2-5-15-16(8-11)23-7-6-22-15/h2-5,8-9H,6-7,10H2,1H3. The van der Waals surface area contributed by atoms with E-state index in [0.717, 1.165) is 17.7 Å². The maximum Gasteiger partial charge on any atom is 0.254 e. The van der Waals surface area contributed by atoms with Gasteiger partial charge >= 0.3 is 0 Å². The molecule has 0 atom stereocenters. The van der Waals surface area contributed by atoms with E-state index in [1.165, 1.54) is 11.0 Å². The van der Waals surface area contributed by atoms with Crippen LogP contribution in [0.4, 0.5) is 8.78 Å². The van der Waals surface area contributed by atoms with E-state index in [9.17, 15) is 13.6 Å². The summed E-state index contributed by atoms with van der Waals surface area (Å²) in [6.07, 6.45) is 0. The number of ether oxygens (including phenoxy) is 2. The molecule has 120 valence electrons. The second-order valence-corrected chi connectivity index (χ2v) is 5.27. The molecule has 0 spiro atoms. The highest BCUT2D eigenvalue weighted by atomic mass is 19.2. The molecule has 0 radical (unpaired) electrons. The molecule has 0 aromatic heterocycles. The summed E-state index contributed by atoms with van der Waals surface area (Å²) >= 11 is 0. The summed E-state index contributed by atoms with van der Waals surface area (Å²) in [5.41, 5.74) is 0.955. The smallest absolute Gasteiger partial charge is 0.254 e. The van der Waals surface area contributed by atoms with Crippen LogP contribution >= 0.6 is 0 Å². The second kappa shape index (κ2) is 6.24. The van der Waals surface area contributed by atoms with Crippen LogP contribution in [0.3, 0.4) is 0 Å². The summed E-state index contributed by atoms with van der Waals surface area (Å²) < 4.78 is 37.1. The van der Waals surface area contributed by atoms with E-state index >= 15 is 0 Å². The van der Waals surface area contributed by atoms with Crippen molar-refractivity contribution in [3.63, 3.8) is 0 Å². The van der Waals surface area contributed by atoms with Crippen LogP contribution < -0.4 is 9.47 Å². The van der Waals surface area contributed by atoms with Crippen molar-refractivity contribution in [2.24, 2.45) is 0 Å². The summed E-state index contributed by atoms with van der Waals surface area (Å²) in [4.78, 5) is 13.7. The molecular weight excluding hydrogens is 304 g/mol. The minimum Gasteiger partial charge on any atom is -0.486 e. The predicted molar refractivity (Wildman–Crippen MR) is 79.6 cm³/mol. The fourth-order valence-electron chi connectivity index (χ4n) is 2.38. The van der Waals surface area contributed by atoms with Gasteiger partial charge in [-0.3, -0.25) is 4.79 Å². The number of hydrogen-bond donors (Lipinski definition) is 0. The largest absolute Gasteiger partial charge is 0.486 e. The molecule has 0 saturated carbocycles. The Morgan fingerprint density at radius 1 is 1.04 bits per heavy atom. The van der Waals surface area contributed by atoms with Gasteiger partial charge in [-0.05, 0) is 35.9 Å². The monoisotopic (exact) mass is 319 g/mol. The van der Waals surface area contributed by atoms with Crippen molar-refractivity contribution < 1.29 is 23.0 Å². The van der Waals surface area contributed by atoms with Crippen LogP contribution in [0.25, 0.3) is 0 Å². The number of fused-ring (bicyclic) bond motifs is 1. The molecule has 0 bridgehead atoms. The summed E-state index contributed by atoms with van der Waals surface area (Å²) in [6.45, 7) is 1.31. The number of rotatable bonds is 3. The van der Waals surface area contributed by atoms with Gasteiger partial charge in [0.1, 0.15) is 13.2 Å².